The summed E-state index contributed by atoms with van der Waals surface area (Å²) in [6.07, 6.45) is 0.411. The van der Waals surface area contributed by atoms with Gasteiger partial charge in [-0.2, -0.15) is 0 Å². The van der Waals surface area contributed by atoms with Crippen molar-refractivity contribution in [3.63, 3.8) is 0 Å². The fourth-order valence-corrected chi connectivity index (χ4v) is 1.60. The Morgan fingerprint density at radius 1 is 1.25 bits per heavy atom. The van der Waals surface area contributed by atoms with E-state index < -0.39 is 6.04 Å². The summed E-state index contributed by atoms with van der Waals surface area (Å²) < 4.78 is 0. The van der Waals surface area contributed by atoms with Crippen LogP contribution in [0.2, 0.25) is 0 Å². The lowest BCUT2D eigenvalue weighted by Crippen LogP contribution is -2.39. The lowest BCUT2D eigenvalue weighted by atomic mass is 10.0. The van der Waals surface area contributed by atoms with Gasteiger partial charge in [0.05, 0.1) is 6.04 Å². The summed E-state index contributed by atoms with van der Waals surface area (Å²) >= 11 is 0. The number of amides is 2. The number of rotatable bonds is 5. The zero-order valence-electron chi connectivity index (χ0n) is 12.5. The van der Waals surface area contributed by atoms with E-state index in [2.05, 4.69) is 10.6 Å². The van der Waals surface area contributed by atoms with Crippen molar-refractivity contribution >= 4 is 23.2 Å². The van der Waals surface area contributed by atoms with Gasteiger partial charge in [-0.25, -0.2) is 0 Å². The van der Waals surface area contributed by atoms with Crippen molar-refractivity contribution in [3.05, 3.63) is 23.8 Å². The Hall–Kier alpha value is -1.88. The Morgan fingerprint density at radius 2 is 1.90 bits per heavy atom. The van der Waals surface area contributed by atoms with Crippen molar-refractivity contribution in [1.29, 1.82) is 0 Å². The van der Waals surface area contributed by atoms with Crippen molar-refractivity contribution in [3.8, 4) is 0 Å². The molecule has 4 N–H and O–H groups in total. The molecule has 0 spiro atoms. The standard InChI is InChI=1S/C15H23N3O2/c1-5-13(19)17-11-7-6-10(4)12(8-11)18-15(20)14(16)9(2)3/h6-9,14H,5,16H2,1-4H3,(H,17,19)(H,18,20)/t14-/m1/s1. The van der Waals surface area contributed by atoms with Crippen LogP contribution in [0.1, 0.15) is 32.8 Å². The van der Waals surface area contributed by atoms with Crippen LogP contribution in [-0.2, 0) is 9.59 Å². The first-order valence-corrected chi connectivity index (χ1v) is 6.82. The van der Waals surface area contributed by atoms with Crippen molar-refractivity contribution in [2.75, 3.05) is 10.6 Å². The van der Waals surface area contributed by atoms with Crippen LogP contribution in [0.3, 0.4) is 0 Å². The predicted octanol–water partition coefficient (Wildman–Crippen LogP) is 2.27. The summed E-state index contributed by atoms with van der Waals surface area (Å²) in [6, 6.07) is 4.85. The number of benzene rings is 1. The topological polar surface area (TPSA) is 84.2 Å². The van der Waals surface area contributed by atoms with Gasteiger partial charge in [-0.1, -0.05) is 26.8 Å². The molecule has 2 amide bonds. The Kier molecular flexibility index (Phi) is 5.70. The molecule has 0 aliphatic rings. The van der Waals surface area contributed by atoms with Crippen LogP contribution in [0.15, 0.2) is 18.2 Å². The van der Waals surface area contributed by atoms with Gasteiger partial charge in [-0.05, 0) is 30.5 Å². The summed E-state index contributed by atoms with van der Waals surface area (Å²) in [7, 11) is 0. The number of carbonyl (C=O) groups is 2. The first-order valence-electron chi connectivity index (χ1n) is 6.82. The summed E-state index contributed by atoms with van der Waals surface area (Å²) in [5.74, 6) is -0.217. The van der Waals surface area contributed by atoms with E-state index in [1.807, 2.05) is 26.8 Å². The van der Waals surface area contributed by atoms with Crippen molar-refractivity contribution in [1.82, 2.24) is 0 Å². The molecule has 0 saturated carbocycles. The molecule has 0 bridgehead atoms. The summed E-state index contributed by atoms with van der Waals surface area (Å²) in [5.41, 5.74) is 8.07. The number of nitrogens with one attached hydrogen (secondary N) is 2. The first kappa shape index (κ1) is 16.2. The van der Waals surface area contributed by atoms with Crippen LogP contribution in [0.25, 0.3) is 0 Å². The van der Waals surface area contributed by atoms with Crippen LogP contribution >= 0.6 is 0 Å². The number of hydrogen-bond donors (Lipinski definition) is 3. The normalized spacial score (nSPS) is 12.1. The van der Waals surface area contributed by atoms with E-state index in [-0.39, 0.29) is 17.7 Å². The minimum Gasteiger partial charge on any atom is -0.326 e. The smallest absolute Gasteiger partial charge is 0.241 e. The second kappa shape index (κ2) is 7.05. The highest BCUT2D eigenvalue weighted by atomic mass is 16.2. The van der Waals surface area contributed by atoms with Gasteiger partial charge in [0.15, 0.2) is 0 Å². The number of carbonyl (C=O) groups excluding carboxylic acids is 2. The van der Waals surface area contributed by atoms with Gasteiger partial charge >= 0.3 is 0 Å². The number of nitrogens with two attached hydrogens (primary N) is 1. The van der Waals surface area contributed by atoms with Gasteiger partial charge in [0.25, 0.3) is 0 Å². The molecule has 110 valence electrons. The van der Waals surface area contributed by atoms with E-state index in [4.69, 9.17) is 5.73 Å². The molecule has 1 aromatic carbocycles. The zero-order valence-corrected chi connectivity index (χ0v) is 12.5. The lowest BCUT2D eigenvalue weighted by molar-refractivity contribution is -0.118. The number of hydrogen-bond acceptors (Lipinski definition) is 3. The van der Waals surface area contributed by atoms with E-state index in [1.165, 1.54) is 0 Å². The monoisotopic (exact) mass is 277 g/mol. The van der Waals surface area contributed by atoms with Gasteiger partial charge in [0, 0.05) is 17.8 Å². The summed E-state index contributed by atoms with van der Waals surface area (Å²) in [6.45, 7) is 7.47. The second-order valence-electron chi connectivity index (χ2n) is 5.19. The Balaban J connectivity index is 2.86. The molecule has 0 heterocycles. The molecule has 1 rings (SSSR count). The highest BCUT2D eigenvalue weighted by molar-refractivity contribution is 5.97. The van der Waals surface area contributed by atoms with Gasteiger partial charge in [0.1, 0.15) is 0 Å². The molecule has 0 aliphatic carbocycles. The second-order valence-corrected chi connectivity index (χ2v) is 5.19. The minimum absolute atomic E-state index is 0.0648. The number of aryl methyl sites for hydroxylation is 1. The average molecular weight is 277 g/mol. The van der Waals surface area contributed by atoms with E-state index in [9.17, 15) is 9.59 Å². The van der Waals surface area contributed by atoms with Crippen LogP contribution in [0, 0.1) is 12.8 Å². The largest absolute Gasteiger partial charge is 0.326 e. The third-order valence-electron chi connectivity index (χ3n) is 3.12. The Morgan fingerprint density at radius 3 is 2.45 bits per heavy atom. The molecule has 0 unspecified atom stereocenters. The van der Waals surface area contributed by atoms with E-state index >= 15 is 0 Å². The molecule has 1 atom stereocenters. The third-order valence-corrected chi connectivity index (χ3v) is 3.12. The maximum Gasteiger partial charge on any atom is 0.241 e. The van der Waals surface area contributed by atoms with E-state index in [1.54, 1.807) is 19.1 Å². The highest BCUT2D eigenvalue weighted by Gasteiger charge is 2.18. The molecule has 20 heavy (non-hydrogen) atoms. The van der Waals surface area contributed by atoms with Crippen molar-refractivity contribution in [2.45, 2.75) is 40.2 Å². The Labute approximate surface area is 119 Å². The SMILES string of the molecule is CCC(=O)Nc1ccc(C)c(NC(=O)[C@H](N)C(C)C)c1. The lowest BCUT2D eigenvalue weighted by Gasteiger charge is -2.17. The molecular weight excluding hydrogens is 254 g/mol. The zero-order chi connectivity index (χ0) is 15.3. The molecule has 5 heteroatoms. The van der Waals surface area contributed by atoms with Crippen molar-refractivity contribution in [2.24, 2.45) is 11.7 Å². The molecule has 5 nitrogen and oxygen atoms in total. The fraction of sp³-hybridized carbons (Fsp3) is 0.467. The van der Waals surface area contributed by atoms with E-state index in [0.717, 1.165) is 5.56 Å². The minimum atomic E-state index is -0.553. The molecule has 0 saturated heterocycles. The summed E-state index contributed by atoms with van der Waals surface area (Å²) in [4.78, 5) is 23.4. The maximum absolute atomic E-state index is 12.0. The van der Waals surface area contributed by atoms with Crippen LogP contribution in [0.5, 0.6) is 0 Å². The molecule has 0 fully saturated rings. The molecule has 0 radical (unpaired) electrons. The highest BCUT2D eigenvalue weighted by Crippen LogP contribution is 2.21. The van der Waals surface area contributed by atoms with Gasteiger partial charge in [-0.15, -0.1) is 0 Å². The molecule has 1 aromatic rings. The Bertz CT molecular complexity index is 498. The van der Waals surface area contributed by atoms with Crippen LogP contribution in [0.4, 0.5) is 11.4 Å². The first-order chi connectivity index (χ1) is 9.35. The van der Waals surface area contributed by atoms with Crippen LogP contribution < -0.4 is 16.4 Å². The van der Waals surface area contributed by atoms with Gasteiger partial charge in [0.2, 0.25) is 11.8 Å². The average Bonchev–Trinajstić information content (AvgIpc) is 2.41. The predicted molar refractivity (Wildman–Crippen MR) is 81.5 cm³/mol. The van der Waals surface area contributed by atoms with Gasteiger partial charge in [-0.3, -0.25) is 9.59 Å². The summed E-state index contributed by atoms with van der Waals surface area (Å²) in [5, 5.41) is 5.57. The quantitative estimate of drug-likeness (QED) is 0.772. The van der Waals surface area contributed by atoms with E-state index in [0.29, 0.717) is 17.8 Å². The van der Waals surface area contributed by atoms with Crippen LogP contribution in [-0.4, -0.2) is 17.9 Å². The third kappa shape index (κ3) is 4.35. The molecular formula is C15H23N3O2. The maximum atomic E-state index is 12.0. The number of anilines is 2. The fourth-order valence-electron chi connectivity index (χ4n) is 1.60. The molecule has 0 aliphatic heterocycles. The molecule has 0 aromatic heterocycles. The van der Waals surface area contributed by atoms with Crippen molar-refractivity contribution < 1.29 is 9.59 Å². The van der Waals surface area contributed by atoms with Gasteiger partial charge < -0.3 is 16.4 Å².